The standard InChI is InChI=1S/C19H26N4O2S2/c1-4-23-11-13(12(3)22-23)10-20-19(26)21-17-16(18(24)25-5-2)14-8-6-7-9-15(14)27-17/h11H,4-10H2,1-3H3,(H2,20,21,26). The molecule has 0 aromatic carbocycles. The van der Waals surface area contributed by atoms with Gasteiger partial charge in [0, 0.05) is 29.7 Å². The second-order valence-corrected chi connectivity index (χ2v) is 8.05. The van der Waals surface area contributed by atoms with Crippen molar-refractivity contribution in [1.29, 1.82) is 0 Å². The summed E-state index contributed by atoms with van der Waals surface area (Å²) >= 11 is 7.09. The lowest BCUT2D eigenvalue weighted by atomic mass is 9.95. The Bertz CT molecular complexity index is 841. The minimum absolute atomic E-state index is 0.262. The van der Waals surface area contributed by atoms with Gasteiger partial charge in [-0.3, -0.25) is 4.68 Å². The number of thiophene rings is 1. The fourth-order valence-electron chi connectivity index (χ4n) is 3.29. The molecule has 2 N–H and O–H groups in total. The van der Waals surface area contributed by atoms with Crippen molar-refractivity contribution in [2.45, 2.75) is 59.5 Å². The van der Waals surface area contributed by atoms with Crippen molar-refractivity contribution in [3.8, 4) is 0 Å². The fourth-order valence-corrected chi connectivity index (χ4v) is 4.81. The van der Waals surface area contributed by atoms with E-state index in [0.29, 0.717) is 23.8 Å². The van der Waals surface area contributed by atoms with Crippen LogP contribution in [0.25, 0.3) is 0 Å². The number of carbonyl (C=O) groups excluding carboxylic acids is 1. The van der Waals surface area contributed by atoms with E-state index in [2.05, 4.69) is 22.7 Å². The van der Waals surface area contributed by atoms with E-state index in [1.54, 1.807) is 11.3 Å². The largest absolute Gasteiger partial charge is 0.462 e. The number of anilines is 1. The Morgan fingerprint density at radius 3 is 2.85 bits per heavy atom. The molecule has 3 rings (SSSR count). The van der Waals surface area contributed by atoms with E-state index < -0.39 is 0 Å². The number of aryl methyl sites for hydroxylation is 3. The van der Waals surface area contributed by atoms with Crippen LogP contribution in [0.3, 0.4) is 0 Å². The number of nitrogens with zero attached hydrogens (tertiary/aromatic N) is 2. The van der Waals surface area contributed by atoms with E-state index in [-0.39, 0.29) is 5.97 Å². The maximum absolute atomic E-state index is 12.5. The lowest BCUT2D eigenvalue weighted by Crippen LogP contribution is -2.28. The minimum atomic E-state index is -0.262. The third-order valence-electron chi connectivity index (χ3n) is 4.69. The van der Waals surface area contributed by atoms with Gasteiger partial charge in [0.25, 0.3) is 0 Å². The Labute approximate surface area is 169 Å². The maximum atomic E-state index is 12.5. The Balaban J connectivity index is 1.72. The zero-order valence-corrected chi connectivity index (χ0v) is 17.7. The van der Waals surface area contributed by atoms with Gasteiger partial charge < -0.3 is 15.4 Å². The number of esters is 1. The summed E-state index contributed by atoms with van der Waals surface area (Å²) in [4.78, 5) is 13.8. The molecule has 0 radical (unpaired) electrons. The molecule has 0 bridgehead atoms. The first-order valence-electron chi connectivity index (χ1n) is 9.42. The van der Waals surface area contributed by atoms with Crippen molar-refractivity contribution < 1.29 is 9.53 Å². The highest BCUT2D eigenvalue weighted by Gasteiger charge is 2.26. The van der Waals surface area contributed by atoms with Crippen molar-refractivity contribution in [3.63, 3.8) is 0 Å². The van der Waals surface area contributed by atoms with Gasteiger partial charge in [0.1, 0.15) is 5.00 Å². The number of hydrogen-bond donors (Lipinski definition) is 2. The number of hydrogen-bond acceptors (Lipinski definition) is 5. The summed E-state index contributed by atoms with van der Waals surface area (Å²) in [6, 6.07) is 0. The molecule has 2 aromatic heterocycles. The van der Waals surface area contributed by atoms with Gasteiger partial charge in [-0.25, -0.2) is 4.79 Å². The molecule has 0 spiro atoms. The van der Waals surface area contributed by atoms with Crippen LogP contribution in [0.4, 0.5) is 5.00 Å². The number of thiocarbonyl (C=S) groups is 1. The van der Waals surface area contributed by atoms with Crippen molar-refractivity contribution in [2.24, 2.45) is 0 Å². The number of rotatable bonds is 6. The van der Waals surface area contributed by atoms with Crippen LogP contribution >= 0.6 is 23.6 Å². The number of aromatic nitrogens is 2. The molecule has 1 aliphatic rings. The van der Waals surface area contributed by atoms with Crippen LogP contribution in [0.1, 0.15) is 58.7 Å². The number of carbonyl (C=O) groups is 1. The summed E-state index contributed by atoms with van der Waals surface area (Å²) in [5.41, 5.74) is 3.90. The highest BCUT2D eigenvalue weighted by atomic mass is 32.1. The molecule has 0 unspecified atom stereocenters. The lowest BCUT2D eigenvalue weighted by molar-refractivity contribution is 0.0526. The van der Waals surface area contributed by atoms with Crippen LogP contribution in [0.2, 0.25) is 0 Å². The van der Waals surface area contributed by atoms with Crippen LogP contribution in [-0.2, 0) is 30.7 Å². The van der Waals surface area contributed by atoms with Crippen molar-refractivity contribution in [2.75, 3.05) is 11.9 Å². The first kappa shape index (κ1) is 19.8. The zero-order chi connectivity index (χ0) is 19.4. The van der Waals surface area contributed by atoms with Crippen LogP contribution in [0.5, 0.6) is 0 Å². The summed E-state index contributed by atoms with van der Waals surface area (Å²) in [7, 11) is 0. The average molecular weight is 407 g/mol. The molecule has 0 amide bonds. The topological polar surface area (TPSA) is 68.2 Å². The lowest BCUT2D eigenvalue weighted by Gasteiger charge is -2.13. The Morgan fingerprint density at radius 1 is 1.37 bits per heavy atom. The molecule has 6 nitrogen and oxygen atoms in total. The molecule has 0 saturated carbocycles. The van der Waals surface area contributed by atoms with E-state index in [1.165, 1.54) is 11.3 Å². The second kappa shape index (κ2) is 8.84. The van der Waals surface area contributed by atoms with Gasteiger partial charge in [-0.05, 0) is 64.2 Å². The summed E-state index contributed by atoms with van der Waals surface area (Å²) in [6.45, 7) is 7.68. The molecular weight excluding hydrogens is 380 g/mol. The smallest absolute Gasteiger partial charge is 0.341 e. The summed E-state index contributed by atoms with van der Waals surface area (Å²) in [6.07, 6.45) is 6.25. The molecule has 0 fully saturated rings. The van der Waals surface area contributed by atoms with Gasteiger partial charge >= 0.3 is 5.97 Å². The first-order chi connectivity index (χ1) is 13.0. The summed E-state index contributed by atoms with van der Waals surface area (Å²) in [5, 5.41) is 12.2. The number of fused-ring (bicyclic) bond motifs is 1. The van der Waals surface area contributed by atoms with Gasteiger partial charge in [0.2, 0.25) is 0 Å². The minimum Gasteiger partial charge on any atom is -0.462 e. The molecule has 2 heterocycles. The molecule has 146 valence electrons. The molecule has 0 aliphatic heterocycles. The van der Waals surface area contributed by atoms with Crippen molar-refractivity contribution in [1.82, 2.24) is 15.1 Å². The van der Waals surface area contributed by atoms with Gasteiger partial charge in [-0.2, -0.15) is 5.10 Å². The molecule has 1 aliphatic carbocycles. The van der Waals surface area contributed by atoms with E-state index in [4.69, 9.17) is 17.0 Å². The highest BCUT2D eigenvalue weighted by molar-refractivity contribution is 7.80. The first-order valence-corrected chi connectivity index (χ1v) is 10.6. The van der Waals surface area contributed by atoms with Crippen LogP contribution < -0.4 is 10.6 Å². The summed E-state index contributed by atoms with van der Waals surface area (Å²) < 4.78 is 7.20. The third-order valence-corrected chi connectivity index (χ3v) is 6.14. The van der Waals surface area contributed by atoms with Crippen LogP contribution in [-0.4, -0.2) is 27.5 Å². The van der Waals surface area contributed by atoms with Gasteiger partial charge in [-0.15, -0.1) is 11.3 Å². The Morgan fingerprint density at radius 2 is 2.15 bits per heavy atom. The monoisotopic (exact) mass is 406 g/mol. The molecule has 0 saturated heterocycles. The summed E-state index contributed by atoms with van der Waals surface area (Å²) in [5.74, 6) is -0.262. The van der Waals surface area contributed by atoms with E-state index in [0.717, 1.165) is 47.6 Å². The quantitative estimate of drug-likeness (QED) is 0.562. The predicted octanol–water partition coefficient (Wildman–Crippen LogP) is 3.82. The Kier molecular flexibility index (Phi) is 6.49. The van der Waals surface area contributed by atoms with Crippen molar-refractivity contribution in [3.05, 3.63) is 33.5 Å². The van der Waals surface area contributed by atoms with Crippen molar-refractivity contribution >= 4 is 39.6 Å². The highest BCUT2D eigenvalue weighted by Crippen LogP contribution is 2.38. The maximum Gasteiger partial charge on any atom is 0.341 e. The van der Waals surface area contributed by atoms with Crippen LogP contribution in [0.15, 0.2) is 6.20 Å². The molecule has 8 heteroatoms. The normalized spacial score (nSPS) is 13.1. The van der Waals surface area contributed by atoms with Gasteiger partial charge in [0.05, 0.1) is 17.9 Å². The second-order valence-electron chi connectivity index (χ2n) is 6.54. The third kappa shape index (κ3) is 4.50. The van der Waals surface area contributed by atoms with Gasteiger partial charge in [0.15, 0.2) is 5.11 Å². The van der Waals surface area contributed by atoms with E-state index in [1.807, 2.05) is 24.7 Å². The fraction of sp³-hybridized carbons (Fsp3) is 0.526. The predicted molar refractivity (Wildman–Crippen MR) is 113 cm³/mol. The molecular formula is C19H26N4O2S2. The number of nitrogens with one attached hydrogen (secondary N) is 2. The number of ether oxygens (including phenoxy) is 1. The Hall–Kier alpha value is -1.93. The van der Waals surface area contributed by atoms with Crippen LogP contribution in [0, 0.1) is 6.92 Å². The SMILES string of the molecule is CCOC(=O)c1c(NC(=S)NCc2cn(CC)nc2C)sc2c1CCCC2. The van der Waals surface area contributed by atoms with E-state index >= 15 is 0 Å². The molecule has 0 atom stereocenters. The molecule has 27 heavy (non-hydrogen) atoms. The van der Waals surface area contributed by atoms with E-state index in [9.17, 15) is 4.79 Å². The average Bonchev–Trinajstić information content (AvgIpc) is 3.19. The van der Waals surface area contributed by atoms with Gasteiger partial charge in [-0.1, -0.05) is 0 Å². The zero-order valence-electron chi connectivity index (χ0n) is 16.1. The molecule has 2 aromatic rings.